The fourth-order valence-electron chi connectivity index (χ4n) is 1.73. The lowest BCUT2D eigenvalue weighted by molar-refractivity contribution is -0.137. The first-order chi connectivity index (χ1) is 10.9. The minimum absolute atomic E-state index is 0.266. The topological polar surface area (TPSA) is 66.0 Å². The van der Waals surface area contributed by atoms with Crippen LogP contribution in [0.4, 0.5) is 28.8 Å². The number of carbonyl (C=O) groups is 1. The van der Waals surface area contributed by atoms with Crippen LogP contribution < -0.4 is 16.0 Å². The predicted molar refractivity (Wildman–Crippen MR) is 83.8 cm³/mol. The number of nitrogens with zero attached hydrogens (tertiary/aromatic N) is 1. The smallest absolute Gasteiger partial charge is 0.319 e. The molecular weight excluding hydrogens is 329 g/mol. The summed E-state index contributed by atoms with van der Waals surface area (Å²) in [6, 6.07) is 3.66. The second-order valence-electron chi connectivity index (χ2n) is 4.64. The molecule has 3 N–H and O–H groups in total. The van der Waals surface area contributed by atoms with Gasteiger partial charge in [0, 0.05) is 16.8 Å². The number of hydrogen-bond donors (Lipinski definition) is 3. The van der Waals surface area contributed by atoms with Crippen LogP contribution in [-0.2, 0) is 12.6 Å². The van der Waals surface area contributed by atoms with Gasteiger partial charge in [-0.1, -0.05) is 0 Å². The minimum atomic E-state index is -4.40. The lowest BCUT2D eigenvalue weighted by Gasteiger charge is -2.08. The SMILES string of the molecule is CNCCc1cnc(NC(=O)Nc2ccc(C(F)(F)F)cc2)s1. The lowest BCUT2D eigenvalue weighted by atomic mass is 10.2. The Morgan fingerprint density at radius 3 is 2.52 bits per heavy atom. The molecule has 0 unspecified atom stereocenters. The third-order valence-corrected chi connectivity index (χ3v) is 3.84. The number of anilines is 2. The highest BCUT2D eigenvalue weighted by Crippen LogP contribution is 2.29. The van der Waals surface area contributed by atoms with Crippen LogP contribution in [0.2, 0.25) is 0 Å². The van der Waals surface area contributed by atoms with E-state index in [0.717, 1.165) is 30.0 Å². The van der Waals surface area contributed by atoms with E-state index in [9.17, 15) is 18.0 Å². The van der Waals surface area contributed by atoms with Crippen molar-refractivity contribution >= 4 is 28.2 Å². The maximum absolute atomic E-state index is 12.4. The van der Waals surface area contributed by atoms with Gasteiger partial charge in [0.25, 0.3) is 0 Å². The maximum atomic E-state index is 12.4. The number of carbonyl (C=O) groups excluding carboxylic acids is 1. The van der Waals surface area contributed by atoms with Crippen LogP contribution in [0.5, 0.6) is 0 Å². The third-order valence-electron chi connectivity index (χ3n) is 2.87. The van der Waals surface area contributed by atoms with E-state index in [1.54, 1.807) is 6.20 Å². The van der Waals surface area contributed by atoms with E-state index in [2.05, 4.69) is 20.9 Å². The van der Waals surface area contributed by atoms with Crippen LogP contribution in [0.25, 0.3) is 0 Å². The van der Waals surface area contributed by atoms with Crippen LogP contribution in [0.3, 0.4) is 0 Å². The molecule has 0 aliphatic carbocycles. The number of thiazole rings is 1. The Morgan fingerprint density at radius 1 is 1.22 bits per heavy atom. The van der Waals surface area contributed by atoms with Gasteiger partial charge in [-0.3, -0.25) is 5.32 Å². The molecule has 0 saturated carbocycles. The Bertz CT molecular complexity index is 655. The molecule has 0 spiro atoms. The van der Waals surface area contributed by atoms with E-state index >= 15 is 0 Å². The Labute approximate surface area is 134 Å². The molecule has 9 heteroatoms. The van der Waals surface area contributed by atoms with Crippen LogP contribution in [0.1, 0.15) is 10.4 Å². The molecule has 0 bridgehead atoms. The Hall–Kier alpha value is -2.13. The van der Waals surface area contributed by atoms with Crippen molar-refractivity contribution in [2.24, 2.45) is 0 Å². The van der Waals surface area contributed by atoms with Gasteiger partial charge in [-0.05, 0) is 44.3 Å². The number of aromatic nitrogens is 1. The Kier molecular flexibility index (Phi) is 5.56. The molecule has 0 radical (unpaired) electrons. The molecule has 0 fully saturated rings. The van der Waals surface area contributed by atoms with Gasteiger partial charge in [0.05, 0.1) is 5.56 Å². The summed E-state index contributed by atoms with van der Waals surface area (Å²) in [6.45, 7) is 0.805. The second kappa shape index (κ2) is 7.42. The van der Waals surface area contributed by atoms with Crippen molar-refractivity contribution < 1.29 is 18.0 Å². The zero-order valence-corrected chi connectivity index (χ0v) is 13.0. The number of hydrogen-bond acceptors (Lipinski definition) is 4. The number of halogens is 3. The molecule has 1 aromatic heterocycles. The third kappa shape index (κ3) is 5.22. The van der Waals surface area contributed by atoms with Crippen LogP contribution in [-0.4, -0.2) is 24.6 Å². The summed E-state index contributed by atoms with van der Waals surface area (Å²) in [5.41, 5.74) is -0.500. The summed E-state index contributed by atoms with van der Waals surface area (Å²) in [5, 5.41) is 8.45. The Morgan fingerprint density at radius 2 is 1.91 bits per heavy atom. The highest BCUT2D eigenvalue weighted by molar-refractivity contribution is 7.15. The van der Waals surface area contributed by atoms with E-state index in [4.69, 9.17) is 0 Å². The van der Waals surface area contributed by atoms with Crippen molar-refractivity contribution in [3.63, 3.8) is 0 Å². The van der Waals surface area contributed by atoms with Gasteiger partial charge in [-0.25, -0.2) is 9.78 Å². The normalized spacial score (nSPS) is 11.3. The molecule has 0 saturated heterocycles. The van der Waals surface area contributed by atoms with Gasteiger partial charge >= 0.3 is 12.2 Å². The fraction of sp³-hybridized carbons (Fsp3) is 0.286. The van der Waals surface area contributed by atoms with Gasteiger partial charge in [0.1, 0.15) is 0 Å². The number of likely N-dealkylation sites (N-methyl/N-ethyl adjacent to an activating group) is 1. The molecule has 2 amide bonds. The lowest BCUT2D eigenvalue weighted by Crippen LogP contribution is -2.19. The molecule has 0 atom stereocenters. The van der Waals surface area contributed by atoms with Crippen LogP contribution in [0, 0.1) is 0 Å². The van der Waals surface area contributed by atoms with E-state index < -0.39 is 17.8 Å². The number of alkyl halides is 3. The quantitative estimate of drug-likeness (QED) is 0.777. The van der Waals surface area contributed by atoms with Gasteiger partial charge < -0.3 is 10.6 Å². The average molecular weight is 344 g/mol. The highest BCUT2D eigenvalue weighted by atomic mass is 32.1. The average Bonchev–Trinajstić information content (AvgIpc) is 2.92. The number of nitrogens with one attached hydrogen (secondary N) is 3. The molecule has 124 valence electrons. The summed E-state index contributed by atoms with van der Waals surface area (Å²) >= 11 is 1.35. The van der Waals surface area contributed by atoms with Crippen molar-refractivity contribution in [3.8, 4) is 0 Å². The number of amides is 2. The second-order valence-corrected chi connectivity index (χ2v) is 5.75. The molecule has 0 aliphatic rings. The van der Waals surface area contributed by atoms with Crippen LogP contribution in [0.15, 0.2) is 30.5 Å². The molecule has 0 aliphatic heterocycles. The summed E-state index contributed by atoms with van der Waals surface area (Å²) in [5.74, 6) is 0. The molecule has 23 heavy (non-hydrogen) atoms. The van der Waals surface area contributed by atoms with Crippen molar-refractivity contribution in [3.05, 3.63) is 40.9 Å². The summed E-state index contributed by atoms with van der Waals surface area (Å²) in [4.78, 5) is 16.9. The zero-order valence-electron chi connectivity index (χ0n) is 12.2. The number of benzene rings is 1. The predicted octanol–water partition coefficient (Wildman–Crippen LogP) is 3.57. The monoisotopic (exact) mass is 344 g/mol. The van der Waals surface area contributed by atoms with Crippen molar-refractivity contribution in [1.82, 2.24) is 10.3 Å². The first-order valence-corrected chi connectivity index (χ1v) is 7.54. The van der Waals surface area contributed by atoms with E-state index in [0.29, 0.717) is 5.13 Å². The van der Waals surface area contributed by atoms with E-state index in [-0.39, 0.29) is 5.69 Å². The summed E-state index contributed by atoms with van der Waals surface area (Å²) in [7, 11) is 1.84. The van der Waals surface area contributed by atoms with Gasteiger partial charge in [-0.2, -0.15) is 13.2 Å². The number of urea groups is 1. The van der Waals surface area contributed by atoms with Gasteiger partial charge in [0.2, 0.25) is 0 Å². The Balaban J connectivity index is 1.90. The molecule has 1 heterocycles. The maximum Gasteiger partial charge on any atom is 0.416 e. The molecular formula is C14H15F3N4OS. The largest absolute Gasteiger partial charge is 0.416 e. The van der Waals surface area contributed by atoms with Crippen molar-refractivity contribution in [1.29, 1.82) is 0 Å². The standard InChI is InChI=1S/C14H15F3N4OS/c1-18-7-6-11-8-19-13(23-11)21-12(22)20-10-4-2-9(3-5-10)14(15,16)17/h2-5,8,18H,6-7H2,1H3,(H2,19,20,21,22). The molecule has 1 aromatic carbocycles. The van der Waals surface area contributed by atoms with Gasteiger partial charge in [0.15, 0.2) is 5.13 Å². The van der Waals surface area contributed by atoms with Gasteiger partial charge in [-0.15, -0.1) is 11.3 Å². The molecule has 2 aromatic rings. The number of rotatable bonds is 5. The zero-order chi connectivity index (χ0) is 16.9. The molecule has 2 rings (SSSR count). The first kappa shape index (κ1) is 17.2. The fourth-order valence-corrected chi connectivity index (χ4v) is 2.54. The minimum Gasteiger partial charge on any atom is -0.319 e. The summed E-state index contributed by atoms with van der Waals surface area (Å²) < 4.78 is 37.3. The van der Waals surface area contributed by atoms with E-state index in [1.165, 1.54) is 23.5 Å². The first-order valence-electron chi connectivity index (χ1n) is 6.73. The van der Waals surface area contributed by atoms with Crippen molar-refractivity contribution in [2.75, 3.05) is 24.2 Å². The highest BCUT2D eigenvalue weighted by Gasteiger charge is 2.29. The van der Waals surface area contributed by atoms with Crippen LogP contribution >= 0.6 is 11.3 Å². The summed E-state index contributed by atoms with van der Waals surface area (Å²) in [6.07, 6.45) is -1.92. The van der Waals surface area contributed by atoms with E-state index in [1.807, 2.05) is 7.05 Å². The molecule has 5 nitrogen and oxygen atoms in total. The van der Waals surface area contributed by atoms with Crippen molar-refractivity contribution in [2.45, 2.75) is 12.6 Å².